The predicted molar refractivity (Wildman–Crippen MR) is 84.3 cm³/mol. The summed E-state index contributed by atoms with van der Waals surface area (Å²) in [6, 6.07) is 6.36. The van der Waals surface area contributed by atoms with Crippen LogP contribution in [0.25, 0.3) is 0 Å². The monoisotopic (exact) mass is 276 g/mol. The summed E-state index contributed by atoms with van der Waals surface area (Å²) in [5.41, 5.74) is 2.54. The SMILES string of the molecule is COc1ccc(C)cc1CNCCCN1CCCCC1. The maximum Gasteiger partial charge on any atom is 0.123 e. The highest BCUT2D eigenvalue weighted by Crippen LogP contribution is 2.19. The number of rotatable bonds is 7. The van der Waals surface area contributed by atoms with Crippen molar-refractivity contribution in [2.75, 3.05) is 33.3 Å². The van der Waals surface area contributed by atoms with Crippen molar-refractivity contribution in [3.63, 3.8) is 0 Å². The summed E-state index contributed by atoms with van der Waals surface area (Å²) in [6.07, 6.45) is 5.41. The molecule has 0 aliphatic carbocycles. The zero-order valence-corrected chi connectivity index (χ0v) is 13.0. The zero-order valence-electron chi connectivity index (χ0n) is 13.0. The second-order valence-electron chi connectivity index (χ2n) is 5.75. The highest BCUT2D eigenvalue weighted by Gasteiger charge is 2.09. The van der Waals surface area contributed by atoms with Crippen molar-refractivity contribution in [1.29, 1.82) is 0 Å². The van der Waals surface area contributed by atoms with Crippen LogP contribution < -0.4 is 10.1 Å². The summed E-state index contributed by atoms with van der Waals surface area (Å²) in [7, 11) is 1.74. The molecule has 0 bridgehead atoms. The lowest BCUT2D eigenvalue weighted by Crippen LogP contribution is -2.32. The summed E-state index contributed by atoms with van der Waals surface area (Å²) in [5, 5.41) is 3.54. The Morgan fingerprint density at radius 3 is 2.75 bits per heavy atom. The molecule has 112 valence electrons. The molecule has 1 aromatic rings. The van der Waals surface area contributed by atoms with Gasteiger partial charge in [0.15, 0.2) is 0 Å². The van der Waals surface area contributed by atoms with E-state index < -0.39 is 0 Å². The van der Waals surface area contributed by atoms with Gasteiger partial charge in [0.05, 0.1) is 7.11 Å². The lowest BCUT2D eigenvalue weighted by atomic mass is 10.1. The molecule has 1 saturated heterocycles. The Kier molecular flexibility index (Phi) is 6.34. The third-order valence-corrected chi connectivity index (χ3v) is 4.03. The van der Waals surface area contributed by atoms with Crippen molar-refractivity contribution in [3.05, 3.63) is 29.3 Å². The molecule has 3 heteroatoms. The van der Waals surface area contributed by atoms with Crippen molar-refractivity contribution < 1.29 is 4.74 Å². The second kappa shape index (κ2) is 8.28. The summed E-state index contributed by atoms with van der Waals surface area (Å²) in [5.74, 6) is 0.985. The lowest BCUT2D eigenvalue weighted by Gasteiger charge is -2.26. The number of likely N-dealkylation sites (tertiary alicyclic amines) is 1. The molecule has 0 radical (unpaired) electrons. The van der Waals surface area contributed by atoms with Gasteiger partial charge < -0.3 is 15.0 Å². The average molecular weight is 276 g/mol. The molecule has 0 amide bonds. The molecule has 1 heterocycles. The Morgan fingerprint density at radius 2 is 2.00 bits per heavy atom. The van der Waals surface area contributed by atoms with Crippen molar-refractivity contribution in [1.82, 2.24) is 10.2 Å². The number of piperidine rings is 1. The van der Waals surface area contributed by atoms with Crippen LogP contribution in [0.2, 0.25) is 0 Å². The molecule has 0 atom stereocenters. The van der Waals surface area contributed by atoms with E-state index >= 15 is 0 Å². The molecular formula is C17H28N2O. The fourth-order valence-electron chi connectivity index (χ4n) is 2.88. The van der Waals surface area contributed by atoms with Crippen molar-refractivity contribution in [3.8, 4) is 5.75 Å². The van der Waals surface area contributed by atoms with Crippen LogP contribution in [-0.2, 0) is 6.54 Å². The van der Waals surface area contributed by atoms with Crippen molar-refractivity contribution in [2.45, 2.75) is 39.2 Å². The van der Waals surface area contributed by atoms with Crippen LogP contribution in [0.1, 0.15) is 36.8 Å². The number of benzene rings is 1. The third kappa shape index (κ3) is 4.80. The second-order valence-corrected chi connectivity index (χ2v) is 5.75. The topological polar surface area (TPSA) is 24.5 Å². The molecule has 0 saturated carbocycles. The molecule has 0 unspecified atom stereocenters. The minimum absolute atomic E-state index is 0.894. The predicted octanol–water partition coefficient (Wildman–Crippen LogP) is 2.97. The smallest absolute Gasteiger partial charge is 0.123 e. The number of aryl methyl sites for hydroxylation is 1. The first-order valence-electron chi connectivity index (χ1n) is 7.86. The van der Waals surface area contributed by atoms with Crippen LogP contribution in [0.3, 0.4) is 0 Å². The van der Waals surface area contributed by atoms with E-state index in [2.05, 4.69) is 35.3 Å². The van der Waals surface area contributed by atoms with Crippen LogP contribution in [-0.4, -0.2) is 38.2 Å². The third-order valence-electron chi connectivity index (χ3n) is 4.03. The van der Waals surface area contributed by atoms with E-state index in [9.17, 15) is 0 Å². The van der Waals surface area contributed by atoms with Crippen LogP contribution in [0, 0.1) is 6.92 Å². The first-order valence-corrected chi connectivity index (χ1v) is 7.86. The fraction of sp³-hybridized carbons (Fsp3) is 0.647. The Morgan fingerprint density at radius 1 is 1.20 bits per heavy atom. The molecule has 0 aromatic heterocycles. The van der Waals surface area contributed by atoms with E-state index in [1.807, 2.05) is 0 Å². The number of nitrogens with one attached hydrogen (secondary N) is 1. The molecule has 1 N–H and O–H groups in total. The van der Waals surface area contributed by atoms with E-state index in [1.165, 1.54) is 56.4 Å². The summed E-state index contributed by atoms with van der Waals surface area (Å²) < 4.78 is 5.40. The van der Waals surface area contributed by atoms with E-state index in [1.54, 1.807) is 7.11 Å². The van der Waals surface area contributed by atoms with E-state index in [0.29, 0.717) is 0 Å². The number of ether oxygens (including phenoxy) is 1. The summed E-state index contributed by atoms with van der Waals surface area (Å²) in [4.78, 5) is 2.60. The maximum absolute atomic E-state index is 5.40. The average Bonchev–Trinajstić information content (AvgIpc) is 2.48. The molecule has 2 rings (SSSR count). The van der Waals surface area contributed by atoms with Gasteiger partial charge in [0.25, 0.3) is 0 Å². The molecular weight excluding hydrogens is 248 g/mol. The quantitative estimate of drug-likeness (QED) is 0.775. The van der Waals surface area contributed by atoms with Crippen molar-refractivity contribution >= 4 is 0 Å². The van der Waals surface area contributed by atoms with Gasteiger partial charge in [-0.2, -0.15) is 0 Å². The highest BCUT2D eigenvalue weighted by molar-refractivity contribution is 5.36. The normalized spacial score (nSPS) is 16.3. The summed E-state index contributed by atoms with van der Waals surface area (Å²) >= 11 is 0. The van der Waals surface area contributed by atoms with Crippen LogP contribution >= 0.6 is 0 Å². The highest BCUT2D eigenvalue weighted by atomic mass is 16.5. The van der Waals surface area contributed by atoms with Crippen LogP contribution in [0.5, 0.6) is 5.75 Å². The summed E-state index contributed by atoms with van der Waals surface area (Å²) in [6.45, 7) is 7.92. The minimum atomic E-state index is 0.894. The first-order chi connectivity index (χ1) is 9.79. The maximum atomic E-state index is 5.40. The van der Waals surface area contributed by atoms with Gasteiger partial charge in [-0.15, -0.1) is 0 Å². The lowest BCUT2D eigenvalue weighted by molar-refractivity contribution is 0.225. The molecule has 1 aliphatic rings. The molecule has 1 fully saturated rings. The number of hydrogen-bond donors (Lipinski definition) is 1. The molecule has 3 nitrogen and oxygen atoms in total. The van der Waals surface area contributed by atoms with E-state index in [4.69, 9.17) is 4.74 Å². The number of nitrogens with zero attached hydrogens (tertiary/aromatic N) is 1. The van der Waals surface area contributed by atoms with Crippen LogP contribution in [0.15, 0.2) is 18.2 Å². The van der Waals surface area contributed by atoms with Crippen molar-refractivity contribution in [2.24, 2.45) is 0 Å². The Bertz CT molecular complexity index is 400. The van der Waals surface area contributed by atoms with Gasteiger partial charge >= 0.3 is 0 Å². The minimum Gasteiger partial charge on any atom is -0.496 e. The first kappa shape index (κ1) is 15.3. The van der Waals surface area contributed by atoms with Crippen LogP contribution in [0.4, 0.5) is 0 Å². The number of hydrogen-bond acceptors (Lipinski definition) is 3. The number of methoxy groups -OCH3 is 1. The van der Waals surface area contributed by atoms with E-state index in [0.717, 1.165) is 18.8 Å². The molecule has 0 spiro atoms. The molecule has 1 aromatic carbocycles. The Balaban J connectivity index is 1.66. The van der Waals surface area contributed by atoms with Gasteiger partial charge in [-0.1, -0.05) is 24.1 Å². The van der Waals surface area contributed by atoms with E-state index in [-0.39, 0.29) is 0 Å². The van der Waals surface area contributed by atoms with Gasteiger partial charge in [-0.3, -0.25) is 0 Å². The molecule has 20 heavy (non-hydrogen) atoms. The van der Waals surface area contributed by atoms with Gasteiger partial charge in [-0.05, 0) is 58.4 Å². The molecule has 1 aliphatic heterocycles. The Labute approximate surface area is 123 Å². The fourth-order valence-corrected chi connectivity index (χ4v) is 2.88. The van der Waals surface area contributed by atoms with Gasteiger partial charge in [-0.25, -0.2) is 0 Å². The Hall–Kier alpha value is -1.06. The van der Waals surface area contributed by atoms with Gasteiger partial charge in [0.2, 0.25) is 0 Å². The zero-order chi connectivity index (χ0) is 14.2. The largest absolute Gasteiger partial charge is 0.496 e. The van der Waals surface area contributed by atoms with Gasteiger partial charge in [0, 0.05) is 12.1 Å². The standard InChI is InChI=1S/C17H28N2O/c1-15-7-8-17(20-2)16(13-15)14-18-9-6-12-19-10-4-3-5-11-19/h7-8,13,18H,3-6,9-12,14H2,1-2H3. The van der Waals surface area contributed by atoms with Gasteiger partial charge in [0.1, 0.15) is 5.75 Å².